The van der Waals surface area contributed by atoms with Gasteiger partial charge in [0.25, 0.3) is 5.91 Å². The molecule has 1 aromatic carbocycles. The second kappa shape index (κ2) is 9.61. The van der Waals surface area contributed by atoms with Gasteiger partial charge in [-0.25, -0.2) is 0 Å². The maximum Gasteiger partial charge on any atom is 0.260 e. The van der Waals surface area contributed by atoms with E-state index in [2.05, 4.69) is 10.6 Å². The third-order valence-corrected chi connectivity index (χ3v) is 5.14. The lowest BCUT2D eigenvalue weighted by atomic mass is 10.2. The summed E-state index contributed by atoms with van der Waals surface area (Å²) in [5, 5.41) is 12.1. The summed E-state index contributed by atoms with van der Waals surface area (Å²) in [4.78, 5) is 37.3. The van der Waals surface area contributed by atoms with Crippen LogP contribution in [0.2, 0.25) is 5.02 Å². The second-order valence-electron chi connectivity index (χ2n) is 5.68. The second-order valence-corrected chi connectivity index (χ2v) is 7.30. The molecular weight excluding hydrogens is 392 g/mol. The van der Waals surface area contributed by atoms with E-state index >= 15 is 0 Å². The van der Waals surface area contributed by atoms with Gasteiger partial charge in [0.15, 0.2) is 11.8 Å². The van der Waals surface area contributed by atoms with Crippen LogP contribution in [0.1, 0.15) is 20.3 Å². The van der Waals surface area contributed by atoms with Gasteiger partial charge in [-0.15, -0.1) is 0 Å². The van der Waals surface area contributed by atoms with Crippen molar-refractivity contribution in [1.29, 1.82) is 5.41 Å². The van der Waals surface area contributed by atoms with Gasteiger partial charge in [0.2, 0.25) is 11.8 Å². The van der Waals surface area contributed by atoms with Gasteiger partial charge in [-0.1, -0.05) is 23.4 Å². The maximum absolute atomic E-state index is 12.1. The van der Waals surface area contributed by atoms with Crippen LogP contribution in [0.25, 0.3) is 0 Å². The number of benzene rings is 1. The van der Waals surface area contributed by atoms with Crippen molar-refractivity contribution in [2.45, 2.75) is 25.5 Å². The van der Waals surface area contributed by atoms with Crippen molar-refractivity contribution in [3.63, 3.8) is 0 Å². The Morgan fingerprint density at radius 1 is 1.37 bits per heavy atom. The molecule has 1 saturated heterocycles. The van der Waals surface area contributed by atoms with Gasteiger partial charge in [0.05, 0.1) is 5.02 Å². The Hall–Kier alpha value is -2.26. The number of thioether (sulfide) groups is 1. The molecule has 0 saturated carbocycles. The average Bonchev–Trinajstić information content (AvgIpc) is 2.92. The predicted molar refractivity (Wildman–Crippen MR) is 105 cm³/mol. The zero-order valence-corrected chi connectivity index (χ0v) is 16.6. The van der Waals surface area contributed by atoms with Crippen LogP contribution < -0.4 is 15.4 Å². The molecule has 8 nitrogen and oxygen atoms in total. The fourth-order valence-electron chi connectivity index (χ4n) is 2.44. The number of hydrogen-bond donors (Lipinski definition) is 3. The number of hydrogen-bond acceptors (Lipinski definition) is 6. The molecule has 1 aliphatic heterocycles. The summed E-state index contributed by atoms with van der Waals surface area (Å²) in [5.74, 6) is -0.501. The molecular formula is C17H21ClN4O4S. The molecule has 0 aromatic heterocycles. The van der Waals surface area contributed by atoms with Gasteiger partial charge in [0.1, 0.15) is 11.0 Å². The largest absolute Gasteiger partial charge is 0.482 e. The van der Waals surface area contributed by atoms with Gasteiger partial charge in [0, 0.05) is 25.2 Å². The van der Waals surface area contributed by atoms with E-state index < -0.39 is 5.25 Å². The van der Waals surface area contributed by atoms with Crippen LogP contribution in [0.4, 0.5) is 5.69 Å². The lowest BCUT2D eigenvalue weighted by molar-refractivity contribution is -0.133. The van der Waals surface area contributed by atoms with Crippen LogP contribution in [-0.2, 0) is 14.4 Å². The van der Waals surface area contributed by atoms with Crippen molar-refractivity contribution in [2.75, 3.05) is 25.0 Å². The Balaban J connectivity index is 1.90. The minimum absolute atomic E-state index is 0.0432. The molecule has 3 N–H and O–H groups in total. The van der Waals surface area contributed by atoms with Crippen molar-refractivity contribution in [3.05, 3.63) is 23.2 Å². The molecule has 2 rings (SSSR count). The summed E-state index contributed by atoms with van der Waals surface area (Å²) in [6.45, 7) is 4.88. The molecule has 0 radical (unpaired) electrons. The van der Waals surface area contributed by atoms with Crippen LogP contribution in [0.15, 0.2) is 18.2 Å². The smallest absolute Gasteiger partial charge is 0.260 e. The molecule has 3 amide bonds. The summed E-state index contributed by atoms with van der Waals surface area (Å²) in [5.41, 5.74) is 0.450. The van der Waals surface area contributed by atoms with Crippen molar-refractivity contribution >= 4 is 51.9 Å². The molecule has 1 aliphatic rings. The number of ether oxygens (including phenoxy) is 1. The number of nitrogens with one attached hydrogen (secondary N) is 3. The van der Waals surface area contributed by atoms with E-state index in [0.29, 0.717) is 24.5 Å². The molecule has 0 aliphatic carbocycles. The Morgan fingerprint density at radius 2 is 2.07 bits per heavy atom. The Morgan fingerprint density at radius 3 is 2.63 bits per heavy atom. The highest BCUT2D eigenvalue weighted by Crippen LogP contribution is 2.28. The topological polar surface area (TPSA) is 112 Å². The highest BCUT2D eigenvalue weighted by Gasteiger charge is 2.31. The van der Waals surface area contributed by atoms with E-state index in [1.807, 2.05) is 13.8 Å². The predicted octanol–water partition coefficient (Wildman–Crippen LogP) is 2.08. The fourth-order valence-corrected chi connectivity index (χ4v) is 3.51. The molecule has 1 unspecified atom stereocenters. The van der Waals surface area contributed by atoms with Crippen LogP contribution >= 0.6 is 23.4 Å². The van der Waals surface area contributed by atoms with Crippen LogP contribution in [0.5, 0.6) is 5.75 Å². The van der Waals surface area contributed by atoms with Crippen LogP contribution in [0.3, 0.4) is 0 Å². The number of nitrogens with zero attached hydrogens (tertiary/aromatic N) is 1. The maximum atomic E-state index is 12.1. The van der Waals surface area contributed by atoms with Crippen molar-refractivity contribution < 1.29 is 19.1 Å². The zero-order valence-electron chi connectivity index (χ0n) is 15.0. The fraction of sp³-hybridized carbons (Fsp3) is 0.412. The van der Waals surface area contributed by atoms with Gasteiger partial charge < -0.3 is 20.3 Å². The molecule has 1 fully saturated rings. The van der Waals surface area contributed by atoms with E-state index in [9.17, 15) is 14.4 Å². The number of likely N-dealkylation sites (N-methyl/N-ethyl adjacent to an activating group) is 1. The molecule has 0 bridgehead atoms. The highest BCUT2D eigenvalue weighted by atomic mass is 35.5. The van der Waals surface area contributed by atoms with E-state index in [1.54, 1.807) is 17.0 Å². The zero-order chi connectivity index (χ0) is 20.0. The number of amidine groups is 1. The summed E-state index contributed by atoms with van der Waals surface area (Å²) >= 11 is 7.17. The third kappa shape index (κ3) is 5.86. The summed E-state index contributed by atoms with van der Waals surface area (Å²) < 4.78 is 5.46. The summed E-state index contributed by atoms with van der Waals surface area (Å²) in [6.07, 6.45) is -0.0485. The van der Waals surface area contributed by atoms with E-state index in [4.69, 9.17) is 21.7 Å². The lowest BCUT2D eigenvalue weighted by Gasteiger charge is -2.19. The molecule has 1 atom stereocenters. The van der Waals surface area contributed by atoms with Gasteiger partial charge in [-0.05, 0) is 32.0 Å². The normalized spacial score (nSPS) is 16.0. The first-order valence-electron chi connectivity index (χ1n) is 8.40. The number of rotatable bonds is 8. The minimum Gasteiger partial charge on any atom is -0.482 e. The highest BCUT2D eigenvalue weighted by molar-refractivity contribution is 8.15. The summed E-state index contributed by atoms with van der Waals surface area (Å²) in [7, 11) is 0. The minimum atomic E-state index is -0.610. The van der Waals surface area contributed by atoms with Crippen molar-refractivity contribution in [2.24, 2.45) is 0 Å². The van der Waals surface area contributed by atoms with E-state index in [1.165, 1.54) is 6.07 Å². The monoisotopic (exact) mass is 412 g/mol. The first-order chi connectivity index (χ1) is 12.8. The molecule has 10 heteroatoms. The van der Waals surface area contributed by atoms with Gasteiger partial charge >= 0.3 is 0 Å². The lowest BCUT2D eigenvalue weighted by Crippen LogP contribution is -2.34. The molecule has 1 heterocycles. The Kier molecular flexibility index (Phi) is 7.49. The Bertz CT molecular complexity index is 754. The van der Waals surface area contributed by atoms with E-state index in [-0.39, 0.29) is 40.9 Å². The first-order valence-corrected chi connectivity index (χ1v) is 9.65. The molecule has 146 valence electrons. The molecule has 1 aromatic rings. The van der Waals surface area contributed by atoms with Crippen LogP contribution in [0, 0.1) is 5.41 Å². The number of carbonyl (C=O) groups is 3. The standard InChI is InChI=1S/C17H21ClN4O4S/c1-3-22(4-2)15(24)9-26-12-6-5-10(7-11(12)18)20-14(23)8-13-16(25)21-17(19)27-13/h5-7,13H,3-4,8-9H2,1-2H3,(H,20,23)(H2,19,21,25). The number of anilines is 1. The van der Waals surface area contributed by atoms with E-state index in [0.717, 1.165) is 11.8 Å². The number of amides is 3. The number of carbonyl (C=O) groups excluding carboxylic acids is 3. The molecule has 0 spiro atoms. The summed E-state index contributed by atoms with van der Waals surface area (Å²) in [6, 6.07) is 4.69. The Labute approximate surface area is 166 Å². The number of halogens is 1. The first kappa shape index (κ1) is 21.0. The SMILES string of the molecule is CCN(CC)C(=O)COc1ccc(NC(=O)CC2SC(=N)NC2=O)cc1Cl. The quantitative estimate of drug-likeness (QED) is 0.605. The van der Waals surface area contributed by atoms with Crippen molar-refractivity contribution in [3.8, 4) is 5.75 Å². The third-order valence-electron chi connectivity index (χ3n) is 3.84. The average molecular weight is 413 g/mol. The van der Waals surface area contributed by atoms with Crippen LogP contribution in [-0.4, -0.2) is 52.7 Å². The van der Waals surface area contributed by atoms with Gasteiger partial charge in [-0.2, -0.15) is 0 Å². The molecule has 27 heavy (non-hydrogen) atoms. The van der Waals surface area contributed by atoms with Crippen molar-refractivity contribution in [1.82, 2.24) is 10.2 Å². The van der Waals surface area contributed by atoms with Gasteiger partial charge in [-0.3, -0.25) is 19.8 Å².